The van der Waals surface area contributed by atoms with Crippen LogP contribution in [0.1, 0.15) is 85.4 Å². The van der Waals surface area contributed by atoms with Gasteiger partial charge in [0.05, 0.1) is 5.75 Å². The molecule has 8 heteroatoms. The molecule has 0 spiro atoms. The summed E-state index contributed by atoms with van der Waals surface area (Å²) in [4.78, 5) is 29.3. The van der Waals surface area contributed by atoms with Crippen LogP contribution in [0, 0.1) is 19.8 Å². The van der Waals surface area contributed by atoms with Crippen LogP contribution in [0.15, 0.2) is 35.1 Å². The molecular formula is C30H41N3O4S. The van der Waals surface area contributed by atoms with Crippen LogP contribution in [-0.2, 0) is 22.9 Å². The maximum absolute atomic E-state index is 13.7. The number of aromatic nitrogens is 2. The monoisotopic (exact) mass is 539 g/mol. The summed E-state index contributed by atoms with van der Waals surface area (Å²) in [7, 11) is -3.17. The number of nitrogens with one attached hydrogen (secondary N) is 1. The van der Waals surface area contributed by atoms with E-state index >= 15 is 0 Å². The number of piperidine rings is 1. The Labute approximate surface area is 226 Å². The number of ketones is 1. The number of pyridine rings is 1. The molecule has 1 atom stereocenters. The molecule has 1 aliphatic rings. The van der Waals surface area contributed by atoms with E-state index in [0.717, 1.165) is 59.1 Å². The Morgan fingerprint density at radius 3 is 2.45 bits per heavy atom. The summed E-state index contributed by atoms with van der Waals surface area (Å²) >= 11 is 0. The number of nitrogens with zero attached hydrogens (tertiary/aromatic N) is 2. The minimum absolute atomic E-state index is 0.0518. The summed E-state index contributed by atoms with van der Waals surface area (Å²) < 4.78 is 28.6. The Hall–Kier alpha value is -2.71. The molecule has 0 radical (unpaired) electrons. The van der Waals surface area contributed by atoms with Gasteiger partial charge in [-0.15, -0.1) is 0 Å². The Balaban J connectivity index is 1.60. The van der Waals surface area contributed by atoms with E-state index in [4.69, 9.17) is 0 Å². The van der Waals surface area contributed by atoms with Crippen LogP contribution in [0.4, 0.5) is 0 Å². The van der Waals surface area contributed by atoms with Gasteiger partial charge in [0.1, 0.15) is 0 Å². The summed E-state index contributed by atoms with van der Waals surface area (Å²) in [5, 5.41) is 0.944. The minimum Gasteiger partial charge on any atom is -0.341 e. The molecule has 0 unspecified atom stereocenters. The van der Waals surface area contributed by atoms with Crippen molar-refractivity contribution in [3.8, 4) is 0 Å². The molecule has 2 aromatic heterocycles. The van der Waals surface area contributed by atoms with Crippen molar-refractivity contribution >= 4 is 26.7 Å². The third kappa shape index (κ3) is 5.52. The molecule has 1 N–H and O–H groups in total. The molecule has 38 heavy (non-hydrogen) atoms. The molecule has 0 saturated carbocycles. The van der Waals surface area contributed by atoms with E-state index in [-0.39, 0.29) is 29.6 Å². The molecule has 4 rings (SSSR count). The molecule has 1 aromatic carbocycles. The number of aromatic amines is 1. The fourth-order valence-corrected chi connectivity index (χ4v) is 7.34. The molecule has 0 aliphatic carbocycles. The van der Waals surface area contributed by atoms with Gasteiger partial charge in [-0.05, 0) is 77.0 Å². The van der Waals surface area contributed by atoms with Gasteiger partial charge in [0, 0.05) is 59.0 Å². The summed E-state index contributed by atoms with van der Waals surface area (Å²) in [5.74, 6) is 0.503. The van der Waals surface area contributed by atoms with Crippen molar-refractivity contribution in [1.29, 1.82) is 0 Å². The molecule has 206 valence electrons. The van der Waals surface area contributed by atoms with Gasteiger partial charge in [0.15, 0.2) is 5.78 Å². The van der Waals surface area contributed by atoms with Crippen molar-refractivity contribution in [3.05, 3.63) is 68.8 Å². The van der Waals surface area contributed by atoms with Gasteiger partial charge >= 0.3 is 0 Å². The number of carbonyl (C=O) groups is 1. The number of carbonyl (C=O) groups excluding carboxylic acids is 1. The maximum Gasteiger partial charge on any atom is 0.251 e. The predicted molar refractivity (Wildman–Crippen MR) is 154 cm³/mol. The first kappa shape index (κ1) is 28.3. The Morgan fingerprint density at radius 2 is 1.79 bits per heavy atom. The zero-order valence-corrected chi connectivity index (χ0v) is 24.2. The average molecular weight is 540 g/mol. The first-order chi connectivity index (χ1) is 18.1. The number of aryl methyl sites for hydroxylation is 2. The standard InChI is InChI=1S/C30H41N3O4S/c1-6-10-24-19-20(3)31-30(35)25(24)13-14-28(34)29-22(5)33(27-12-9-8-11-26(27)29)21(4)23-15-17-32(18-16-23)38(36,37)7-2/h8-9,11-12,19,21,23H,6-7,10,13-18H2,1-5H3,(H,31,35)/t21-/m1/s1. The van der Waals surface area contributed by atoms with Gasteiger partial charge in [0.2, 0.25) is 10.0 Å². The topological polar surface area (TPSA) is 92.2 Å². The number of fused-ring (bicyclic) bond motifs is 1. The van der Waals surface area contributed by atoms with Crippen molar-refractivity contribution < 1.29 is 13.2 Å². The first-order valence-electron chi connectivity index (χ1n) is 13.9. The van der Waals surface area contributed by atoms with Gasteiger partial charge in [0.25, 0.3) is 5.56 Å². The Kier molecular flexibility index (Phi) is 8.62. The van der Waals surface area contributed by atoms with Crippen molar-refractivity contribution in [1.82, 2.24) is 13.9 Å². The lowest BCUT2D eigenvalue weighted by atomic mass is 9.91. The highest BCUT2D eigenvalue weighted by molar-refractivity contribution is 7.89. The van der Waals surface area contributed by atoms with Crippen molar-refractivity contribution in [2.45, 2.75) is 79.2 Å². The van der Waals surface area contributed by atoms with E-state index in [9.17, 15) is 18.0 Å². The molecule has 1 fully saturated rings. The second-order valence-corrected chi connectivity index (χ2v) is 12.9. The summed E-state index contributed by atoms with van der Waals surface area (Å²) in [6, 6.07) is 10.2. The number of hydrogen-bond donors (Lipinski definition) is 1. The average Bonchev–Trinajstić information content (AvgIpc) is 3.19. The van der Waals surface area contributed by atoms with Crippen LogP contribution >= 0.6 is 0 Å². The maximum atomic E-state index is 13.7. The fraction of sp³-hybridized carbons (Fsp3) is 0.533. The number of para-hydroxylation sites is 1. The molecule has 7 nitrogen and oxygen atoms in total. The molecule has 1 aliphatic heterocycles. The molecule has 3 heterocycles. The number of sulfonamides is 1. The SMILES string of the molecule is CCCc1cc(C)[nH]c(=O)c1CCC(=O)c1c(C)n([C@H](C)C2CCN(S(=O)(=O)CC)CC2)c2ccccc12. The summed E-state index contributed by atoms with van der Waals surface area (Å²) in [6.45, 7) is 11.0. The molecule has 1 saturated heterocycles. The zero-order valence-electron chi connectivity index (χ0n) is 23.3. The van der Waals surface area contributed by atoms with Crippen LogP contribution in [0.2, 0.25) is 0 Å². The lowest BCUT2D eigenvalue weighted by molar-refractivity contribution is 0.0983. The van der Waals surface area contributed by atoms with Crippen LogP contribution in [-0.4, -0.2) is 46.9 Å². The highest BCUT2D eigenvalue weighted by Gasteiger charge is 2.32. The number of rotatable bonds is 10. The largest absolute Gasteiger partial charge is 0.341 e. The molecular weight excluding hydrogens is 498 g/mol. The van der Waals surface area contributed by atoms with E-state index in [1.54, 1.807) is 11.2 Å². The number of hydrogen-bond acceptors (Lipinski definition) is 4. The zero-order chi connectivity index (χ0) is 27.6. The van der Waals surface area contributed by atoms with Gasteiger partial charge in [-0.25, -0.2) is 12.7 Å². The number of H-pyrrole nitrogens is 1. The van der Waals surface area contributed by atoms with Crippen molar-refractivity contribution in [3.63, 3.8) is 0 Å². The Bertz CT molecular complexity index is 1480. The van der Waals surface area contributed by atoms with Crippen LogP contribution < -0.4 is 5.56 Å². The highest BCUT2D eigenvalue weighted by Crippen LogP contribution is 2.36. The minimum atomic E-state index is -3.17. The quantitative estimate of drug-likeness (QED) is 0.352. The summed E-state index contributed by atoms with van der Waals surface area (Å²) in [6.07, 6.45) is 4.06. The van der Waals surface area contributed by atoms with Gasteiger partial charge in [-0.2, -0.15) is 0 Å². The second-order valence-electron chi connectivity index (χ2n) is 10.7. The third-order valence-electron chi connectivity index (χ3n) is 8.27. The lowest BCUT2D eigenvalue weighted by Gasteiger charge is -2.35. The first-order valence-corrected chi connectivity index (χ1v) is 15.5. The Morgan fingerprint density at radius 1 is 1.11 bits per heavy atom. The summed E-state index contributed by atoms with van der Waals surface area (Å²) in [5.41, 5.74) is 5.22. The van der Waals surface area contributed by atoms with E-state index in [0.29, 0.717) is 31.0 Å². The van der Waals surface area contributed by atoms with Gasteiger partial charge < -0.3 is 9.55 Å². The number of benzene rings is 1. The van der Waals surface area contributed by atoms with Crippen LogP contribution in [0.25, 0.3) is 10.9 Å². The van der Waals surface area contributed by atoms with E-state index < -0.39 is 10.0 Å². The van der Waals surface area contributed by atoms with Crippen molar-refractivity contribution in [2.24, 2.45) is 5.92 Å². The van der Waals surface area contributed by atoms with Crippen molar-refractivity contribution in [2.75, 3.05) is 18.8 Å². The van der Waals surface area contributed by atoms with Crippen LogP contribution in [0.3, 0.4) is 0 Å². The molecule has 0 amide bonds. The predicted octanol–water partition coefficient (Wildman–Crippen LogP) is 5.34. The van der Waals surface area contributed by atoms with Gasteiger partial charge in [-0.1, -0.05) is 31.5 Å². The normalized spacial score (nSPS) is 16.2. The second kappa shape index (κ2) is 11.6. The van der Waals surface area contributed by atoms with Gasteiger partial charge in [-0.3, -0.25) is 9.59 Å². The number of Topliss-reactive ketones (excluding diaryl/α,β-unsaturated/α-hetero) is 1. The van der Waals surface area contributed by atoms with E-state index in [1.165, 1.54) is 0 Å². The highest BCUT2D eigenvalue weighted by atomic mass is 32.2. The smallest absolute Gasteiger partial charge is 0.251 e. The molecule has 3 aromatic rings. The molecule has 0 bridgehead atoms. The third-order valence-corrected chi connectivity index (χ3v) is 10.1. The fourth-order valence-electron chi connectivity index (χ4n) is 6.21. The van der Waals surface area contributed by atoms with E-state index in [1.807, 2.05) is 38.1 Å². The van der Waals surface area contributed by atoms with E-state index in [2.05, 4.69) is 29.5 Å². The van der Waals surface area contributed by atoms with Crippen LogP contribution in [0.5, 0.6) is 0 Å². The lowest BCUT2D eigenvalue weighted by Crippen LogP contribution is -2.40.